The van der Waals surface area contributed by atoms with Crippen molar-refractivity contribution in [1.82, 2.24) is 10.2 Å². The van der Waals surface area contributed by atoms with Gasteiger partial charge in [0.05, 0.1) is 18.9 Å². The summed E-state index contributed by atoms with van der Waals surface area (Å²) in [5, 5.41) is 20.2. The molecule has 0 saturated heterocycles. The minimum atomic E-state index is -0.909. The minimum absolute atomic E-state index is 0.0767. The largest absolute Gasteiger partial charge is 0.481 e. The SMILES string of the molecule is CC(CC#N)N(C)C(=O)NCc1ccccc1CC(=O)O. The van der Waals surface area contributed by atoms with E-state index in [0.717, 1.165) is 5.56 Å². The molecule has 0 spiro atoms. The highest BCUT2D eigenvalue weighted by molar-refractivity contribution is 5.74. The van der Waals surface area contributed by atoms with Crippen molar-refractivity contribution < 1.29 is 14.7 Å². The van der Waals surface area contributed by atoms with E-state index < -0.39 is 5.97 Å². The summed E-state index contributed by atoms with van der Waals surface area (Å²) >= 11 is 0. The van der Waals surface area contributed by atoms with Gasteiger partial charge < -0.3 is 15.3 Å². The van der Waals surface area contributed by atoms with Gasteiger partial charge in [-0.2, -0.15) is 5.26 Å². The molecule has 0 saturated carbocycles. The van der Waals surface area contributed by atoms with E-state index in [4.69, 9.17) is 10.4 Å². The van der Waals surface area contributed by atoms with Gasteiger partial charge in [-0.1, -0.05) is 24.3 Å². The van der Waals surface area contributed by atoms with E-state index in [1.54, 1.807) is 38.2 Å². The van der Waals surface area contributed by atoms with Gasteiger partial charge in [0, 0.05) is 19.6 Å². The maximum absolute atomic E-state index is 12.0. The van der Waals surface area contributed by atoms with Crippen molar-refractivity contribution >= 4 is 12.0 Å². The zero-order chi connectivity index (χ0) is 15.8. The third-order valence-electron chi connectivity index (χ3n) is 3.26. The topological polar surface area (TPSA) is 93.4 Å². The number of nitrogens with one attached hydrogen (secondary N) is 1. The zero-order valence-electron chi connectivity index (χ0n) is 12.2. The van der Waals surface area contributed by atoms with Crippen molar-refractivity contribution in [3.05, 3.63) is 35.4 Å². The third kappa shape index (κ3) is 5.15. The molecule has 1 atom stereocenters. The van der Waals surface area contributed by atoms with E-state index >= 15 is 0 Å². The van der Waals surface area contributed by atoms with Gasteiger partial charge >= 0.3 is 12.0 Å². The number of carboxylic acid groups (broad SMARTS) is 1. The Labute approximate surface area is 124 Å². The van der Waals surface area contributed by atoms with E-state index in [-0.39, 0.29) is 31.5 Å². The molecule has 1 unspecified atom stereocenters. The number of aliphatic carboxylic acids is 1. The standard InChI is InChI=1S/C15H19N3O3/c1-11(7-8-16)18(2)15(21)17-10-13-6-4-3-5-12(13)9-14(19)20/h3-6,11H,7,9-10H2,1-2H3,(H,17,21)(H,19,20). The molecule has 0 aliphatic rings. The Morgan fingerprint density at radius 3 is 2.57 bits per heavy atom. The molecule has 21 heavy (non-hydrogen) atoms. The molecule has 0 aromatic heterocycles. The summed E-state index contributed by atoms with van der Waals surface area (Å²) in [6, 6.07) is 8.65. The van der Waals surface area contributed by atoms with E-state index in [9.17, 15) is 9.59 Å². The number of nitriles is 1. The van der Waals surface area contributed by atoms with Crippen molar-refractivity contribution in [2.45, 2.75) is 32.4 Å². The lowest BCUT2D eigenvalue weighted by Gasteiger charge is -2.23. The predicted molar refractivity (Wildman–Crippen MR) is 77.5 cm³/mol. The second-order valence-electron chi connectivity index (χ2n) is 4.82. The molecule has 0 aliphatic heterocycles. The summed E-state index contributed by atoms with van der Waals surface area (Å²) in [4.78, 5) is 24.2. The molecule has 1 rings (SSSR count). The average Bonchev–Trinajstić information content (AvgIpc) is 2.44. The van der Waals surface area contributed by atoms with Gasteiger partial charge in [0.2, 0.25) is 0 Å². The van der Waals surface area contributed by atoms with E-state index in [2.05, 4.69) is 5.32 Å². The average molecular weight is 289 g/mol. The number of nitrogens with zero attached hydrogens (tertiary/aromatic N) is 2. The van der Waals surface area contributed by atoms with Crippen molar-refractivity contribution in [2.24, 2.45) is 0 Å². The Bertz CT molecular complexity index is 551. The molecule has 6 nitrogen and oxygen atoms in total. The molecule has 0 bridgehead atoms. The van der Waals surface area contributed by atoms with Crippen LogP contribution in [0.3, 0.4) is 0 Å². The summed E-state index contributed by atoms with van der Waals surface area (Å²) in [5.41, 5.74) is 1.45. The molecule has 0 radical (unpaired) electrons. The Morgan fingerprint density at radius 2 is 2.00 bits per heavy atom. The van der Waals surface area contributed by atoms with Crippen LogP contribution in [0.2, 0.25) is 0 Å². The number of hydrogen-bond acceptors (Lipinski definition) is 3. The first-order valence-electron chi connectivity index (χ1n) is 6.62. The first kappa shape index (κ1) is 16.5. The van der Waals surface area contributed by atoms with Crippen molar-refractivity contribution in [3.8, 4) is 6.07 Å². The summed E-state index contributed by atoms with van der Waals surface area (Å²) in [5.74, 6) is -0.909. The molecular weight excluding hydrogens is 270 g/mol. The van der Waals surface area contributed by atoms with Crippen LogP contribution >= 0.6 is 0 Å². The third-order valence-corrected chi connectivity index (χ3v) is 3.26. The summed E-state index contributed by atoms with van der Waals surface area (Å²) in [6.45, 7) is 2.05. The lowest BCUT2D eigenvalue weighted by molar-refractivity contribution is -0.136. The Hall–Kier alpha value is -2.55. The van der Waals surface area contributed by atoms with Crippen molar-refractivity contribution in [3.63, 3.8) is 0 Å². The number of urea groups is 1. The number of hydrogen-bond donors (Lipinski definition) is 2. The smallest absolute Gasteiger partial charge is 0.317 e. The molecule has 0 aliphatic carbocycles. The van der Waals surface area contributed by atoms with Crippen molar-refractivity contribution in [2.75, 3.05) is 7.05 Å². The number of carboxylic acids is 1. The summed E-state index contributed by atoms with van der Waals surface area (Å²) < 4.78 is 0. The lowest BCUT2D eigenvalue weighted by atomic mass is 10.0. The van der Waals surface area contributed by atoms with Crippen LogP contribution in [-0.4, -0.2) is 35.1 Å². The Balaban J connectivity index is 2.65. The molecule has 2 amide bonds. The van der Waals surface area contributed by atoms with Gasteiger partial charge in [0.1, 0.15) is 0 Å². The minimum Gasteiger partial charge on any atom is -0.481 e. The summed E-state index contributed by atoms with van der Waals surface area (Å²) in [7, 11) is 1.63. The predicted octanol–water partition coefficient (Wildman–Crippen LogP) is 1.76. The number of rotatable bonds is 6. The molecular formula is C15H19N3O3. The van der Waals surface area contributed by atoms with E-state index in [1.807, 2.05) is 6.07 Å². The van der Waals surface area contributed by atoms with E-state index in [1.165, 1.54) is 4.90 Å². The molecule has 112 valence electrons. The first-order valence-corrected chi connectivity index (χ1v) is 6.62. The monoisotopic (exact) mass is 289 g/mol. The number of amides is 2. The Kier molecular flexibility index (Phi) is 6.21. The van der Waals surface area contributed by atoms with Gasteiger partial charge in [-0.05, 0) is 18.1 Å². The fourth-order valence-electron chi connectivity index (χ4n) is 1.83. The normalized spacial score (nSPS) is 11.3. The second-order valence-corrected chi connectivity index (χ2v) is 4.82. The van der Waals surface area contributed by atoms with Crippen LogP contribution in [-0.2, 0) is 17.8 Å². The quantitative estimate of drug-likeness (QED) is 0.834. The van der Waals surface area contributed by atoms with Crippen LogP contribution < -0.4 is 5.32 Å². The highest BCUT2D eigenvalue weighted by atomic mass is 16.4. The second kappa shape index (κ2) is 7.90. The van der Waals surface area contributed by atoms with Crippen LogP contribution in [0.25, 0.3) is 0 Å². The van der Waals surface area contributed by atoms with Gasteiger partial charge in [-0.15, -0.1) is 0 Å². The zero-order valence-corrected chi connectivity index (χ0v) is 12.2. The van der Waals surface area contributed by atoms with Gasteiger partial charge in [-0.25, -0.2) is 4.79 Å². The molecule has 0 heterocycles. The molecule has 1 aromatic carbocycles. The maximum Gasteiger partial charge on any atom is 0.317 e. The van der Waals surface area contributed by atoms with E-state index in [0.29, 0.717) is 5.56 Å². The number of carbonyl (C=O) groups excluding carboxylic acids is 1. The molecule has 6 heteroatoms. The lowest BCUT2D eigenvalue weighted by Crippen LogP contribution is -2.42. The number of benzene rings is 1. The van der Waals surface area contributed by atoms with Crippen LogP contribution in [0.5, 0.6) is 0 Å². The molecule has 1 aromatic rings. The maximum atomic E-state index is 12.0. The highest BCUT2D eigenvalue weighted by Crippen LogP contribution is 2.10. The number of carbonyl (C=O) groups is 2. The fraction of sp³-hybridized carbons (Fsp3) is 0.400. The first-order chi connectivity index (χ1) is 9.95. The van der Waals surface area contributed by atoms with Crippen LogP contribution in [0.4, 0.5) is 4.79 Å². The fourth-order valence-corrected chi connectivity index (χ4v) is 1.83. The molecule has 2 N–H and O–H groups in total. The van der Waals surface area contributed by atoms with Gasteiger partial charge in [-0.3, -0.25) is 4.79 Å². The van der Waals surface area contributed by atoms with Gasteiger partial charge in [0.25, 0.3) is 0 Å². The molecule has 0 fully saturated rings. The summed E-state index contributed by atoms with van der Waals surface area (Å²) in [6.07, 6.45) is 0.187. The van der Waals surface area contributed by atoms with Gasteiger partial charge in [0.15, 0.2) is 0 Å². The highest BCUT2D eigenvalue weighted by Gasteiger charge is 2.15. The van der Waals surface area contributed by atoms with Crippen LogP contribution in [0.15, 0.2) is 24.3 Å². The Morgan fingerprint density at radius 1 is 1.38 bits per heavy atom. The van der Waals surface area contributed by atoms with Crippen LogP contribution in [0.1, 0.15) is 24.5 Å². The van der Waals surface area contributed by atoms with Crippen LogP contribution in [0, 0.1) is 11.3 Å². The van der Waals surface area contributed by atoms with Crippen molar-refractivity contribution in [1.29, 1.82) is 5.26 Å².